The fraction of sp³-hybridized carbons (Fsp3) is 0.400. The van der Waals surface area contributed by atoms with Crippen LogP contribution in [-0.2, 0) is 0 Å². The van der Waals surface area contributed by atoms with Gasteiger partial charge in [0, 0.05) is 22.4 Å². The highest BCUT2D eigenvalue weighted by Crippen LogP contribution is 2.35. The van der Waals surface area contributed by atoms with Gasteiger partial charge in [-0.05, 0) is 45.0 Å². The maximum absolute atomic E-state index is 13.9. The quantitative estimate of drug-likeness (QED) is 0.909. The number of benzene rings is 1. The first-order valence-electron chi connectivity index (χ1n) is 6.78. The fourth-order valence-corrected chi connectivity index (χ4v) is 3.70. The van der Waals surface area contributed by atoms with E-state index in [9.17, 15) is 8.78 Å². The standard InChI is InChI=1S/C15H16F2N2S/c1-9-14(12-3-2-11(16)8-13(12)17)19-15(20-9)10-4-6-18-7-5-10/h2-3,8,10,18H,4-7H2,1H3. The summed E-state index contributed by atoms with van der Waals surface area (Å²) in [6.45, 7) is 3.95. The number of hydrogen-bond acceptors (Lipinski definition) is 3. The normalized spacial score (nSPS) is 16.6. The van der Waals surface area contributed by atoms with Gasteiger partial charge in [0.05, 0.1) is 10.7 Å². The van der Waals surface area contributed by atoms with E-state index in [-0.39, 0.29) is 0 Å². The van der Waals surface area contributed by atoms with E-state index in [4.69, 9.17) is 0 Å². The lowest BCUT2D eigenvalue weighted by Gasteiger charge is -2.20. The molecule has 0 unspecified atom stereocenters. The molecule has 1 aliphatic heterocycles. The van der Waals surface area contributed by atoms with E-state index < -0.39 is 11.6 Å². The molecule has 106 valence electrons. The maximum Gasteiger partial charge on any atom is 0.135 e. The van der Waals surface area contributed by atoms with E-state index in [1.54, 1.807) is 11.3 Å². The van der Waals surface area contributed by atoms with Crippen molar-refractivity contribution >= 4 is 11.3 Å². The van der Waals surface area contributed by atoms with Gasteiger partial charge in [0.1, 0.15) is 11.6 Å². The Labute approximate surface area is 120 Å². The number of nitrogens with one attached hydrogen (secondary N) is 1. The van der Waals surface area contributed by atoms with Crippen molar-refractivity contribution in [3.05, 3.63) is 39.7 Å². The van der Waals surface area contributed by atoms with E-state index in [1.165, 1.54) is 12.1 Å². The molecule has 3 rings (SSSR count). The number of aryl methyl sites for hydroxylation is 1. The molecule has 1 fully saturated rings. The zero-order chi connectivity index (χ0) is 14.1. The van der Waals surface area contributed by atoms with Gasteiger partial charge in [0.2, 0.25) is 0 Å². The van der Waals surface area contributed by atoms with Gasteiger partial charge >= 0.3 is 0 Å². The highest BCUT2D eigenvalue weighted by atomic mass is 32.1. The molecule has 1 aromatic carbocycles. The fourth-order valence-electron chi connectivity index (χ4n) is 2.59. The van der Waals surface area contributed by atoms with Gasteiger partial charge in [-0.1, -0.05) is 0 Å². The van der Waals surface area contributed by atoms with E-state index in [1.807, 2.05) is 6.92 Å². The van der Waals surface area contributed by atoms with Crippen LogP contribution in [0.5, 0.6) is 0 Å². The minimum absolute atomic E-state index is 0.389. The lowest BCUT2D eigenvalue weighted by molar-refractivity contribution is 0.459. The third-order valence-electron chi connectivity index (χ3n) is 3.69. The molecular weight excluding hydrogens is 278 g/mol. The predicted molar refractivity (Wildman–Crippen MR) is 77.0 cm³/mol. The summed E-state index contributed by atoms with van der Waals surface area (Å²) in [5.41, 5.74) is 1.04. The number of aromatic nitrogens is 1. The predicted octanol–water partition coefficient (Wildman–Crippen LogP) is 3.86. The van der Waals surface area contributed by atoms with E-state index >= 15 is 0 Å². The number of hydrogen-bond donors (Lipinski definition) is 1. The van der Waals surface area contributed by atoms with E-state index in [0.29, 0.717) is 17.2 Å². The molecule has 1 saturated heterocycles. The van der Waals surface area contributed by atoms with Crippen molar-refractivity contribution in [3.8, 4) is 11.3 Å². The smallest absolute Gasteiger partial charge is 0.135 e. The average Bonchev–Trinajstić information content (AvgIpc) is 2.82. The van der Waals surface area contributed by atoms with E-state index in [0.717, 1.165) is 41.9 Å². The molecule has 0 atom stereocenters. The second-order valence-electron chi connectivity index (χ2n) is 5.11. The molecule has 2 aromatic rings. The Balaban J connectivity index is 1.95. The van der Waals surface area contributed by atoms with Crippen LogP contribution in [0, 0.1) is 18.6 Å². The molecule has 0 amide bonds. The minimum Gasteiger partial charge on any atom is -0.317 e. The number of piperidine rings is 1. The van der Waals surface area contributed by atoms with Gasteiger partial charge in [-0.3, -0.25) is 0 Å². The molecule has 1 aromatic heterocycles. The number of nitrogens with zero attached hydrogens (tertiary/aromatic N) is 1. The molecule has 0 bridgehead atoms. The second-order valence-corrected chi connectivity index (χ2v) is 6.34. The zero-order valence-electron chi connectivity index (χ0n) is 11.2. The summed E-state index contributed by atoms with van der Waals surface area (Å²) in [5, 5.41) is 4.40. The van der Waals surface area contributed by atoms with Crippen LogP contribution in [0.3, 0.4) is 0 Å². The summed E-state index contributed by atoms with van der Waals surface area (Å²) in [4.78, 5) is 5.61. The Morgan fingerprint density at radius 1 is 1.25 bits per heavy atom. The molecule has 20 heavy (non-hydrogen) atoms. The van der Waals surface area contributed by atoms with Crippen LogP contribution in [0.1, 0.15) is 28.6 Å². The molecule has 0 aliphatic carbocycles. The molecule has 2 heterocycles. The third-order valence-corrected chi connectivity index (χ3v) is 4.82. The van der Waals surface area contributed by atoms with Crippen molar-refractivity contribution in [2.75, 3.05) is 13.1 Å². The topological polar surface area (TPSA) is 24.9 Å². The van der Waals surface area contributed by atoms with Crippen LogP contribution < -0.4 is 5.32 Å². The molecule has 1 aliphatic rings. The Bertz CT molecular complexity index is 618. The summed E-state index contributed by atoms with van der Waals surface area (Å²) in [5.74, 6) is -0.648. The van der Waals surface area contributed by atoms with Gasteiger partial charge < -0.3 is 5.32 Å². The van der Waals surface area contributed by atoms with Crippen LogP contribution in [0.15, 0.2) is 18.2 Å². The highest BCUT2D eigenvalue weighted by molar-refractivity contribution is 7.12. The molecule has 0 spiro atoms. The van der Waals surface area contributed by atoms with Gasteiger partial charge in [0.25, 0.3) is 0 Å². The molecular formula is C15H16F2N2S. The van der Waals surface area contributed by atoms with Crippen LogP contribution in [0.25, 0.3) is 11.3 Å². The Hall–Kier alpha value is -1.33. The number of thiazole rings is 1. The SMILES string of the molecule is Cc1sc(C2CCNCC2)nc1-c1ccc(F)cc1F. The Kier molecular flexibility index (Phi) is 3.81. The third kappa shape index (κ3) is 2.60. The Morgan fingerprint density at radius 3 is 2.70 bits per heavy atom. The Morgan fingerprint density at radius 2 is 2.00 bits per heavy atom. The van der Waals surface area contributed by atoms with E-state index in [2.05, 4.69) is 10.3 Å². The van der Waals surface area contributed by atoms with Gasteiger partial charge in [-0.25, -0.2) is 13.8 Å². The van der Waals surface area contributed by atoms with Crippen LogP contribution in [0.2, 0.25) is 0 Å². The van der Waals surface area contributed by atoms with Crippen molar-refractivity contribution in [2.45, 2.75) is 25.7 Å². The molecule has 0 saturated carbocycles. The van der Waals surface area contributed by atoms with Crippen molar-refractivity contribution in [2.24, 2.45) is 0 Å². The van der Waals surface area contributed by atoms with Gasteiger partial charge in [-0.2, -0.15) is 0 Å². The first kappa shape index (κ1) is 13.6. The zero-order valence-corrected chi connectivity index (χ0v) is 12.1. The first-order valence-corrected chi connectivity index (χ1v) is 7.60. The largest absolute Gasteiger partial charge is 0.317 e. The summed E-state index contributed by atoms with van der Waals surface area (Å²) in [6, 6.07) is 3.67. The van der Waals surface area contributed by atoms with Gasteiger partial charge in [0.15, 0.2) is 0 Å². The maximum atomic E-state index is 13.9. The first-order chi connectivity index (χ1) is 9.65. The van der Waals surface area contributed by atoms with Crippen molar-refractivity contribution in [3.63, 3.8) is 0 Å². The number of halogens is 2. The minimum atomic E-state index is -0.558. The molecule has 0 radical (unpaired) electrons. The summed E-state index contributed by atoms with van der Waals surface area (Å²) < 4.78 is 26.9. The lowest BCUT2D eigenvalue weighted by Crippen LogP contribution is -2.26. The molecule has 1 N–H and O–H groups in total. The van der Waals surface area contributed by atoms with Crippen LogP contribution >= 0.6 is 11.3 Å². The molecule has 2 nitrogen and oxygen atoms in total. The second kappa shape index (κ2) is 5.58. The van der Waals surface area contributed by atoms with Crippen LogP contribution in [-0.4, -0.2) is 18.1 Å². The van der Waals surface area contributed by atoms with Crippen molar-refractivity contribution in [1.82, 2.24) is 10.3 Å². The summed E-state index contributed by atoms with van der Waals surface area (Å²) in [7, 11) is 0. The van der Waals surface area contributed by atoms with Crippen molar-refractivity contribution < 1.29 is 8.78 Å². The summed E-state index contributed by atoms with van der Waals surface area (Å²) >= 11 is 1.63. The number of rotatable bonds is 2. The average molecular weight is 294 g/mol. The monoisotopic (exact) mass is 294 g/mol. The summed E-state index contributed by atoms with van der Waals surface area (Å²) in [6.07, 6.45) is 2.14. The highest BCUT2D eigenvalue weighted by Gasteiger charge is 2.21. The molecule has 5 heteroatoms. The van der Waals surface area contributed by atoms with Crippen LogP contribution in [0.4, 0.5) is 8.78 Å². The van der Waals surface area contributed by atoms with Crippen molar-refractivity contribution in [1.29, 1.82) is 0 Å². The van der Waals surface area contributed by atoms with Gasteiger partial charge in [-0.15, -0.1) is 11.3 Å². The lowest BCUT2D eigenvalue weighted by atomic mass is 9.99.